The lowest BCUT2D eigenvalue weighted by Crippen LogP contribution is -2.34. The summed E-state index contributed by atoms with van der Waals surface area (Å²) in [7, 11) is 1.79. The molecule has 1 saturated heterocycles. The first-order valence-electron chi connectivity index (χ1n) is 7.10. The van der Waals surface area contributed by atoms with Crippen LogP contribution in [-0.4, -0.2) is 44.0 Å². The summed E-state index contributed by atoms with van der Waals surface area (Å²) in [6, 6.07) is 5.25. The number of carbonyl (C=O) groups is 1. The van der Waals surface area contributed by atoms with Crippen LogP contribution in [0.15, 0.2) is 18.2 Å². The van der Waals surface area contributed by atoms with Crippen LogP contribution in [0.2, 0.25) is 0 Å². The van der Waals surface area contributed by atoms with E-state index in [1.165, 1.54) is 0 Å². The molecule has 2 rings (SSSR count). The highest BCUT2D eigenvalue weighted by Crippen LogP contribution is 2.22. The maximum absolute atomic E-state index is 14.2. The molecule has 20 heavy (non-hydrogen) atoms. The van der Waals surface area contributed by atoms with Crippen molar-refractivity contribution in [2.75, 3.05) is 38.1 Å². The maximum atomic E-state index is 14.2. The zero-order chi connectivity index (χ0) is 14.5. The summed E-state index contributed by atoms with van der Waals surface area (Å²) in [6.07, 6.45) is 0.862. The van der Waals surface area contributed by atoms with Crippen LogP contribution < -0.4 is 10.2 Å². The number of halogens is 1. The smallest absolute Gasteiger partial charge is 0.241 e. The first-order valence-corrected chi connectivity index (χ1v) is 7.10. The van der Waals surface area contributed by atoms with Crippen molar-refractivity contribution in [2.45, 2.75) is 19.9 Å². The molecular formula is C15H22FN3O. The van der Waals surface area contributed by atoms with E-state index in [-0.39, 0.29) is 18.3 Å². The van der Waals surface area contributed by atoms with Gasteiger partial charge in [0.1, 0.15) is 5.82 Å². The second kappa shape index (κ2) is 6.70. The molecule has 0 radical (unpaired) electrons. The Kier molecular flexibility index (Phi) is 4.95. The topological polar surface area (TPSA) is 35.6 Å². The van der Waals surface area contributed by atoms with Gasteiger partial charge in [-0.3, -0.25) is 4.79 Å². The zero-order valence-electron chi connectivity index (χ0n) is 12.2. The fourth-order valence-electron chi connectivity index (χ4n) is 2.38. The Morgan fingerprint density at radius 1 is 1.35 bits per heavy atom. The number of carbonyl (C=O) groups excluding carboxylic acids is 1. The molecular weight excluding hydrogens is 257 g/mol. The van der Waals surface area contributed by atoms with E-state index in [4.69, 9.17) is 0 Å². The van der Waals surface area contributed by atoms with Crippen molar-refractivity contribution in [1.29, 1.82) is 0 Å². The molecule has 1 heterocycles. The van der Waals surface area contributed by atoms with Crippen LogP contribution in [0.5, 0.6) is 0 Å². The Morgan fingerprint density at radius 2 is 2.15 bits per heavy atom. The summed E-state index contributed by atoms with van der Waals surface area (Å²) in [5.74, 6) is -0.212. The molecule has 1 aliphatic heterocycles. The van der Waals surface area contributed by atoms with E-state index in [0.717, 1.165) is 25.1 Å². The molecule has 1 aliphatic rings. The minimum Gasteiger partial charge on any atom is -0.360 e. The summed E-state index contributed by atoms with van der Waals surface area (Å²) < 4.78 is 14.2. The van der Waals surface area contributed by atoms with Crippen LogP contribution in [0.3, 0.4) is 0 Å². The third kappa shape index (κ3) is 3.48. The predicted octanol–water partition coefficient (Wildman–Crippen LogP) is 1.60. The van der Waals surface area contributed by atoms with E-state index in [2.05, 4.69) is 5.32 Å². The summed E-state index contributed by atoms with van der Waals surface area (Å²) in [5, 5.41) is 3.17. The second-order valence-electron chi connectivity index (χ2n) is 5.16. The number of rotatable bonds is 4. The van der Waals surface area contributed by atoms with Crippen molar-refractivity contribution in [3.63, 3.8) is 0 Å². The average molecular weight is 279 g/mol. The molecule has 1 aromatic carbocycles. The van der Waals surface area contributed by atoms with E-state index in [1.54, 1.807) is 24.1 Å². The van der Waals surface area contributed by atoms with E-state index in [0.29, 0.717) is 18.8 Å². The SMILES string of the molecule is CCNCc1ccc(N2CCCN(C)C(=O)C2)c(F)c1. The lowest BCUT2D eigenvalue weighted by molar-refractivity contribution is -0.127. The van der Waals surface area contributed by atoms with Gasteiger partial charge in [-0.15, -0.1) is 0 Å². The van der Waals surface area contributed by atoms with Gasteiger partial charge in [0.05, 0.1) is 12.2 Å². The molecule has 1 N–H and O–H groups in total. The summed E-state index contributed by atoms with van der Waals surface area (Å²) in [4.78, 5) is 15.4. The average Bonchev–Trinajstić information content (AvgIpc) is 2.59. The molecule has 0 unspecified atom stereocenters. The van der Waals surface area contributed by atoms with Crippen molar-refractivity contribution in [3.05, 3.63) is 29.6 Å². The van der Waals surface area contributed by atoms with Crippen LogP contribution in [0, 0.1) is 5.82 Å². The number of likely N-dealkylation sites (N-methyl/N-ethyl adjacent to an activating group) is 1. The van der Waals surface area contributed by atoms with Gasteiger partial charge in [-0.05, 0) is 30.7 Å². The molecule has 0 bridgehead atoms. The van der Waals surface area contributed by atoms with Crippen molar-refractivity contribution >= 4 is 11.6 Å². The number of anilines is 1. The fourth-order valence-corrected chi connectivity index (χ4v) is 2.38. The molecule has 110 valence electrons. The van der Waals surface area contributed by atoms with Gasteiger partial charge < -0.3 is 15.1 Å². The molecule has 5 heteroatoms. The Hall–Kier alpha value is -1.62. The fraction of sp³-hybridized carbons (Fsp3) is 0.533. The van der Waals surface area contributed by atoms with Crippen molar-refractivity contribution < 1.29 is 9.18 Å². The van der Waals surface area contributed by atoms with Crippen molar-refractivity contribution in [1.82, 2.24) is 10.2 Å². The largest absolute Gasteiger partial charge is 0.360 e. The minimum atomic E-state index is -0.252. The second-order valence-corrected chi connectivity index (χ2v) is 5.16. The monoisotopic (exact) mass is 279 g/mol. The molecule has 0 aromatic heterocycles. The Morgan fingerprint density at radius 3 is 2.85 bits per heavy atom. The number of nitrogens with one attached hydrogen (secondary N) is 1. The first-order chi connectivity index (χ1) is 9.61. The molecule has 1 fully saturated rings. The van der Waals surface area contributed by atoms with Crippen LogP contribution in [0.1, 0.15) is 18.9 Å². The number of amides is 1. The standard InChI is InChI=1S/C15H22FN3O/c1-3-17-10-12-5-6-14(13(16)9-12)19-8-4-7-18(2)15(20)11-19/h5-6,9,17H,3-4,7-8,10-11H2,1-2H3. The molecule has 0 aliphatic carbocycles. The highest BCUT2D eigenvalue weighted by molar-refractivity contribution is 5.81. The minimum absolute atomic E-state index is 0.0404. The van der Waals surface area contributed by atoms with Gasteiger partial charge in [0, 0.05) is 26.7 Å². The van der Waals surface area contributed by atoms with Gasteiger partial charge in [-0.2, -0.15) is 0 Å². The van der Waals surface area contributed by atoms with Gasteiger partial charge >= 0.3 is 0 Å². The van der Waals surface area contributed by atoms with Crippen LogP contribution >= 0.6 is 0 Å². The van der Waals surface area contributed by atoms with Crippen LogP contribution in [0.4, 0.5) is 10.1 Å². The maximum Gasteiger partial charge on any atom is 0.241 e. The molecule has 1 aromatic rings. The van der Waals surface area contributed by atoms with Gasteiger partial charge in [-0.1, -0.05) is 13.0 Å². The lowest BCUT2D eigenvalue weighted by atomic mass is 10.1. The van der Waals surface area contributed by atoms with Crippen LogP contribution in [-0.2, 0) is 11.3 Å². The third-order valence-corrected chi connectivity index (χ3v) is 3.61. The van der Waals surface area contributed by atoms with Gasteiger partial charge in [0.25, 0.3) is 0 Å². The van der Waals surface area contributed by atoms with Crippen LogP contribution in [0.25, 0.3) is 0 Å². The molecule has 4 nitrogen and oxygen atoms in total. The number of benzene rings is 1. The van der Waals surface area contributed by atoms with Gasteiger partial charge in [0.15, 0.2) is 0 Å². The van der Waals surface area contributed by atoms with E-state index >= 15 is 0 Å². The van der Waals surface area contributed by atoms with E-state index < -0.39 is 0 Å². The summed E-state index contributed by atoms with van der Waals surface area (Å²) in [5.41, 5.74) is 1.44. The Bertz CT molecular complexity index is 478. The number of hydrogen-bond acceptors (Lipinski definition) is 3. The summed E-state index contributed by atoms with van der Waals surface area (Å²) >= 11 is 0. The normalized spacial score (nSPS) is 16.4. The number of nitrogens with zero attached hydrogens (tertiary/aromatic N) is 2. The quantitative estimate of drug-likeness (QED) is 0.909. The highest BCUT2D eigenvalue weighted by atomic mass is 19.1. The van der Waals surface area contributed by atoms with Gasteiger partial charge in [-0.25, -0.2) is 4.39 Å². The van der Waals surface area contributed by atoms with E-state index in [1.807, 2.05) is 17.9 Å². The van der Waals surface area contributed by atoms with Gasteiger partial charge in [0.2, 0.25) is 5.91 Å². The Balaban J connectivity index is 2.13. The van der Waals surface area contributed by atoms with Crippen molar-refractivity contribution in [2.24, 2.45) is 0 Å². The third-order valence-electron chi connectivity index (χ3n) is 3.61. The first kappa shape index (κ1) is 14.8. The summed E-state index contributed by atoms with van der Waals surface area (Å²) in [6.45, 7) is 5.23. The molecule has 0 spiro atoms. The predicted molar refractivity (Wildman–Crippen MR) is 78.2 cm³/mol. The zero-order valence-corrected chi connectivity index (χ0v) is 12.2. The molecule has 0 saturated carbocycles. The number of hydrogen-bond donors (Lipinski definition) is 1. The van der Waals surface area contributed by atoms with Crippen molar-refractivity contribution in [3.8, 4) is 0 Å². The molecule has 1 amide bonds. The Labute approximate surface area is 119 Å². The molecule has 0 atom stereocenters. The highest BCUT2D eigenvalue weighted by Gasteiger charge is 2.21. The van der Waals surface area contributed by atoms with E-state index in [9.17, 15) is 9.18 Å². The lowest BCUT2D eigenvalue weighted by Gasteiger charge is -2.22.